The van der Waals surface area contributed by atoms with Crippen LogP contribution in [0.15, 0.2) is 24.3 Å². The topological polar surface area (TPSA) is 50.1 Å². The molecule has 6 heteroatoms. The molecule has 1 fully saturated rings. The molecule has 3 rings (SSSR count). The summed E-state index contributed by atoms with van der Waals surface area (Å²) in [7, 11) is 0. The third kappa shape index (κ3) is 4.19. The molecule has 0 unspecified atom stereocenters. The van der Waals surface area contributed by atoms with E-state index in [1.165, 1.54) is 11.1 Å². The van der Waals surface area contributed by atoms with Crippen molar-refractivity contribution < 1.29 is 0 Å². The van der Waals surface area contributed by atoms with Gasteiger partial charge in [-0.1, -0.05) is 29.8 Å². The normalized spacial score (nSPS) is 17.3. The monoisotopic (exact) mass is 328 g/mol. The molecule has 1 aliphatic rings. The molecule has 2 aromatic rings. The van der Waals surface area contributed by atoms with Gasteiger partial charge in [-0.05, 0) is 43.7 Å². The smallest absolute Gasteiger partial charge is 0.165 e. The molecule has 0 bridgehead atoms. The van der Waals surface area contributed by atoms with Gasteiger partial charge in [0.15, 0.2) is 5.82 Å². The van der Waals surface area contributed by atoms with E-state index in [-0.39, 0.29) is 5.54 Å². The standard InChI is InChI=1S/C18H28N6/c1-15-5-7-16(8-6-15)13-22-9-11-23(12-10-22)14-17-19-20-21-24(17)18(2,3)4/h5-8H,9-14H2,1-4H3. The van der Waals surface area contributed by atoms with Gasteiger partial charge in [-0.3, -0.25) is 9.80 Å². The molecular formula is C18H28N6. The van der Waals surface area contributed by atoms with E-state index >= 15 is 0 Å². The second-order valence-electron chi connectivity index (χ2n) is 7.72. The summed E-state index contributed by atoms with van der Waals surface area (Å²) in [6, 6.07) is 8.86. The molecule has 0 aliphatic carbocycles. The Bertz CT molecular complexity index is 647. The summed E-state index contributed by atoms with van der Waals surface area (Å²) in [5.74, 6) is 0.953. The van der Waals surface area contributed by atoms with Crippen LogP contribution in [0.1, 0.15) is 37.7 Å². The Hall–Kier alpha value is -1.79. The fraction of sp³-hybridized carbons (Fsp3) is 0.611. The third-order valence-corrected chi connectivity index (χ3v) is 4.53. The van der Waals surface area contributed by atoms with Gasteiger partial charge in [0.1, 0.15) is 0 Å². The zero-order chi connectivity index (χ0) is 17.2. The summed E-state index contributed by atoms with van der Waals surface area (Å²) in [6.45, 7) is 14.7. The Labute approximate surface area is 144 Å². The molecule has 24 heavy (non-hydrogen) atoms. The van der Waals surface area contributed by atoms with E-state index in [1.54, 1.807) is 0 Å². The molecule has 0 atom stereocenters. The van der Waals surface area contributed by atoms with Crippen LogP contribution in [0.4, 0.5) is 0 Å². The molecule has 1 saturated heterocycles. The van der Waals surface area contributed by atoms with Crippen LogP contribution in [-0.4, -0.2) is 56.2 Å². The van der Waals surface area contributed by atoms with Crippen molar-refractivity contribution in [3.05, 3.63) is 41.2 Å². The number of tetrazole rings is 1. The first kappa shape index (κ1) is 17.0. The molecule has 130 valence electrons. The molecule has 0 amide bonds. The molecule has 6 nitrogen and oxygen atoms in total. The number of nitrogens with zero attached hydrogens (tertiary/aromatic N) is 6. The highest BCUT2D eigenvalue weighted by Crippen LogP contribution is 2.16. The van der Waals surface area contributed by atoms with Gasteiger partial charge < -0.3 is 0 Å². The van der Waals surface area contributed by atoms with Gasteiger partial charge in [-0.15, -0.1) is 5.10 Å². The van der Waals surface area contributed by atoms with Crippen molar-refractivity contribution in [2.75, 3.05) is 26.2 Å². The number of benzene rings is 1. The Kier molecular flexibility index (Phi) is 4.96. The SMILES string of the molecule is Cc1ccc(CN2CCN(Cc3nnnn3C(C)(C)C)CC2)cc1. The van der Waals surface area contributed by atoms with Crippen molar-refractivity contribution in [3.63, 3.8) is 0 Å². The number of hydrogen-bond donors (Lipinski definition) is 0. The van der Waals surface area contributed by atoms with E-state index in [1.807, 2.05) is 4.68 Å². The van der Waals surface area contributed by atoms with E-state index in [0.29, 0.717) is 0 Å². The van der Waals surface area contributed by atoms with Crippen molar-refractivity contribution in [1.82, 2.24) is 30.0 Å². The summed E-state index contributed by atoms with van der Waals surface area (Å²) in [6.07, 6.45) is 0. The maximum atomic E-state index is 4.22. The first-order valence-corrected chi connectivity index (χ1v) is 8.70. The van der Waals surface area contributed by atoms with E-state index < -0.39 is 0 Å². The van der Waals surface area contributed by atoms with Crippen LogP contribution in [0.2, 0.25) is 0 Å². The average Bonchev–Trinajstić information content (AvgIpc) is 3.00. The summed E-state index contributed by atoms with van der Waals surface area (Å²) in [5, 5.41) is 12.2. The minimum absolute atomic E-state index is 0.0773. The van der Waals surface area contributed by atoms with E-state index in [2.05, 4.69) is 77.3 Å². The molecule has 0 spiro atoms. The highest BCUT2D eigenvalue weighted by molar-refractivity contribution is 5.21. The predicted molar refractivity (Wildman–Crippen MR) is 94.5 cm³/mol. The highest BCUT2D eigenvalue weighted by Gasteiger charge is 2.23. The van der Waals surface area contributed by atoms with Crippen LogP contribution < -0.4 is 0 Å². The van der Waals surface area contributed by atoms with Gasteiger partial charge in [0, 0.05) is 32.7 Å². The molecule has 0 radical (unpaired) electrons. The molecule has 0 N–H and O–H groups in total. The van der Waals surface area contributed by atoms with Gasteiger partial charge in [-0.25, -0.2) is 4.68 Å². The molecule has 2 heterocycles. The van der Waals surface area contributed by atoms with Gasteiger partial charge in [0.05, 0.1) is 12.1 Å². The zero-order valence-corrected chi connectivity index (χ0v) is 15.2. The van der Waals surface area contributed by atoms with Gasteiger partial charge >= 0.3 is 0 Å². The average molecular weight is 328 g/mol. The second-order valence-corrected chi connectivity index (χ2v) is 7.72. The van der Waals surface area contributed by atoms with Crippen molar-refractivity contribution in [1.29, 1.82) is 0 Å². The Morgan fingerprint density at radius 1 is 0.917 bits per heavy atom. The first-order valence-electron chi connectivity index (χ1n) is 8.70. The Morgan fingerprint density at radius 3 is 2.08 bits per heavy atom. The van der Waals surface area contributed by atoms with Crippen LogP contribution in [0, 0.1) is 6.92 Å². The van der Waals surface area contributed by atoms with Gasteiger partial charge in [-0.2, -0.15) is 0 Å². The van der Waals surface area contributed by atoms with Gasteiger partial charge in [0.25, 0.3) is 0 Å². The fourth-order valence-electron chi connectivity index (χ4n) is 3.08. The zero-order valence-electron chi connectivity index (χ0n) is 15.2. The molecule has 1 aliphatic heterocycles. The van der Waals surface area contributed by atoms with Crippen LogP contribution in [0.3, 0.4) is 0 Å². The maximum Gasteiger partial charge on any atom is 0.165 e. The molecule has 1 aromatic carbocycles. The molecule has 0 saturated carbocycles. The number of hydrogen-bond acceptors (Lipinski definition) is 5. The van der Waals surface area contributed by atoms with E-state index in [9.17, 15) is 0 Å². The second kappa shape index (κ2) is 6.99. The summed E-state index contributed by atoms with van der Waals surface area (Å²) in [5.41, 5.74) is 2.64. The Balaban J connectivity index is 1.52. The van der Waals surface area contributed by atoms with Crippen molar-refractivity contribution in [2.24, 2.45) is 0 Å². The van der Waals surface area contributed by atoms with Crippen molar-refractivity contribution >= 4 is 0 Å². The minimum Gasteiger partial charge on any atom is -0.297 e. The lowest BCUT2D eigenvalue weighted by molar-refractivity contribution is 0.116. The molecular weight excluding hydrogens is 300 g/mol. The van der Waals surface area contributed by atoms with E-state index in [4.69, 9.17) is 0 Å². The van der Waals surface area contributed by atoms with E-state index in [0.717, 1.165) is 45.1 Å². The van der Waals surface area contributed by atoms with Crippen LogP contribution >= 0.6 is 0 Å². The predicted octanol–water partition coefficient (Wildman–Crippen LogP) is 2.05. The third-order valence-electron chi connectivity index (χ3n) is 4.53. The van der Waals surface area contributed by atoms with Crippen LogP contribution in [-0.2, 0) is 18.6 Å². The van der Waals surface area contributed by atoms with Gasteiger partial charge in [0.2, 0.25) is 0 Å². The number of rotatable bonds is 4. The number of piperazine rings is 1. The lowest BCUT2D eigenvalue weighted by atomic mass is 10.1. The van der Waals surface area contributed by atoms with Crippen molar-refractivity contribution in [2.45, 2.75) is 46.3 Å². The largest absolute Gasteiger partial charge is 0.297 e. The lowest BCUT2D eigenvalue weighted by Gasteiger charge is -2.34. The summed E-state index contributed by atoms with van der Waals surface area (Å²) in [4.78, 5) is 4.97. The number of aryl methyl sites for hydroxylation is 1. The lowest BCUT2D eigenvalue weighted by Crippen LogP contribution is -2.46. The van der Waals surface area contributed by atoms with Crippen LogP contribution in [0.5, 0.6) is 0 Å². The molecule has 1 aromatic heterocycles. The number of aromatic nitrogens is 4. The quantitative estimate of drug-likeness (QED) is 0.860. The summed E-state index contributed by atoms with van der Waals surface area (Å²) < 4.78 is 1.94. The van der Waals surface area contributed by atoms with Crippen LogP contribution in [0.25, 0.3) is 0 Å². The Morgan fingerprint density at radius 2 is 1.50 bits per heavy atom. The summed E-state index contributed by atoms with van der Waals surface area (Å²) >= 11 is 0. The minimum atomic E-state index is -0.0773. The highest BCUT2D eigenvalue weighted by atomic mass is 15.6. The van der Waals surface area contributed by atoms with Crippen molar-refractivity contribution in [3.8, 4) is 0 Å². The fourth-order valence-corrected chi connectivity index (χ4v) is 3.08. The first-order chi connectivity index (χ1) is 11.4. The maximum absolute atomic E-state index is 4.22.